The molecule has 0 fully saturated rings. The van der Waals surface area contributed by atoms with Crippen molar-refractivity contribution in [1.29, 1.82) is 0 Å². The number of carbonyl (C=O) groups excluding carboxylic acids is 1. The summed E-state index contributed by atoms with van der Waals surface area (Å²) in [5.74, 6) is -1.73. The van der Waals surface area contributed by atoms with E-state index in [0.717, 1.165) is 23.5 Å². The van der Waals surface area contributed by atoms with Crippen LogP contribution in [0.25, 0.3) is 10.6 Å². The molecule has 7 nitrogen and oxygen atoms in total. The topological polar surface area (TPSA) is 89.9 Å². The summed E-state index contributed by atoms with van der Waals surface area (Å²) >= 11 is 0.785. The minimum absolute atomic E-state index is 0.0435. The molecule has 2 rings (SSSR count). The summed E-state index contributed by atoms with van der Waals surface area (Å²) in [5, 5.41) is 12.6. The summed E-state index contributed by atoms with van der Waals surface area (Å²) < 4.78 is 45.0. The molecule has 2 aromatic rings. The Labute approximate surface area is 178 Å². The fourth-order valence-electron chi connectivity index (χ4n) is 2.42. The van der Waals surface area contributed by atoms with Crippen LogP contribution in [0, 0.1) is 11.6 Å². The normalized spacial score (nSPS) is 12.7. The molecule has 1 aromatic heterocycles. The third-order valence-corrected chi connectivity index (χ3v) is 4.43. The molecule has 30 heavy (non-hydrogen) atoms. The number of carbonyl (C=O) groups is 1. The average Bonchev–Trinajstić information content (AvgIpc) is 2.95. The Morgan fingerprint density at radius 2 is 1.87 bits per heavy atom. The first-order valence-electron chi connectivity index (χ1n) is 9.37. The zero-order valence-corrected chi connectivity index (χ0v) is 18.5. The van der Waals surface area contributed by atoms with Gasteiger partial charge in [0.2, 0.25) is 6.29 Å². The highest BCUT2D eigenvalue weighted by Gasteiger charge is 2.26. The number of benzene rings is 1. The van der Waals surface area contributed by atoms with Gasteiger partial charge in [0.15, 0.2) is 0 Å². The highest BCUT2D eigenvalue weighted by Crippen LogP contribution is 2.39. The molecule has 1 unspecified atom stereocenters. The monoisotopic (exact) mass is 444 g/mol. The molecule has 0 saturated heterocycles. The first-order chi connectivity index (χ1) is 13.9. The first kappa shape index (κ1) is 24.0. The number of hydrogen-bond donors (Lipinski definition) is 2. The number of anilines is 1. The number of nitrogens with zero attached hydrogens (tertiary/aromatic N) is 1. The summed E-state index contributed by atoms with van der Waals surface area (Å²) in [6.45, 7) is 10.3. The minimum atomic E-state index is -1.50. The molecule has 0 aliphatic heterocycles. The summed E-state index contributed by atoms with van der Waals surface area (Å²) in [6, 6.07) is 2.11. The van der Waals surface area contributed by atoms with Crippen molar-refractivity contribution >= 4 is 22.4 Å². The number of amides is 1. The number of hydrogen-bond acceptors (Lipinski definition) is 7. The zero-order chi connectivity index (χ0) is 22.6. The van der Waals surface area contributed by atoms with Crippen molar-refractivity contribution in [2.75, 3.05) is 11.9 Å². The lowest BCUT2D eigenvalue weighted by molar-refractivity contribution is -0.0998. The Morgan fingerprint density at radius 1 is 1.27 bits per heavy atom. The molecule has 2 N–H and O–H groups in total. The van der Waals surface area contributed by atoms with Crippen LogP contribution in [0.3, 0.4) is 0 Å². The van der Waals surface area contributed by atoms with Crippen molar-refractivity contribution in [2.24, 2.45) is 0 Å². The van der Waals surface area contributed by atoms with Gasteiger partial charge in [-0.1, -0.05) is 11.3 Å². The maximum atomic E-state index is 14.7. The van der Waals surface area contributed by atoms with Gasteiger partial charge in [-0.15, -0.1) is 0 Å². The maximum Gasteiger partial charge on any atom is 0.412 e. The standard InChI is InChI=1S/C20H26F2N2O5S/c1-7-27-18(25)15-17(24-19(26)29-20(4,5)6)30-16(23-15)14-12(21)8-11(9-13(14)22)28-10(2)3/h8-10,18,25H,7H2,1-6H3,(H,24,26). The predicted octanol–water partition coefficient (Wildman–Crippen LogP) is 5.25. The quantitative estimate of drug-likeness (QED) is 0.567. The number of aliphatic hydroxyl groups is 1. The Bertz CT molecular complexity index is 873. The molecule has 1 heterocycles. The summed E-state index contributed by atoms with van der Waals surface area (Å²) in [5.41, 5.74) is -1.25. The van der Waals surface area contributed by atoms with E-state index in [4.69, 9.17) is 14.2 Å². The van der Waals surface area contributed by atoms with Gasteiger partial charge in [0.05, 0.1) is 11.7 Å². The van der Waals surface area contributed by atoms with Crippen LogP contribution < -0.4 is 10.1 Å². The van der Waals surface area contributed by atoms with Crippen LogP contribution in [-0.4, -0.2) is 34.5 Å². The van der Waals surface area contributed by atoms with E-state index in [0.29, 0.717) is 0 Å². The summed E-state index contributed by atoms with van der Waals surface area (Å²) in [7, 11) is 0. The molecule has 166 valence electrons. The lowest BCUT2D eigenvalue weighted by Crippen LogP contribution is -2.27. The fourth-order valence-corrected chi connectivity index (χ4v) is 3.44. The molecular weight excluding hydrogens is 418 g/mol. The molecule has 1 atom stereocenters. The van der Waals surface area contributed by atoms with E-state index in [2.05, 4.69) is 10.3 Å². The van der Waals surface area contributed by atoms with E-state index in [1.54, 1.807) is 41.5 Å². The molecule has 0 saturated carbocycles. The van der Waals surface area contributed by atoms with E-state index in [1.807, 2.05) is 0 Å². The van der Waals surface area contributed by atoms with E-state index >= 15 is 0 Å². The molecule has 0 spiro atoms. The van der Waals surface area contributed by atoms with Gasteiger partial charge in [-0.25, -0.2) is 18.6 Å². The van der Waals surface area contributed by atoms with E-state index in [1.165, 1.54) is 0 Å². The van der Waals surface area contributed by atoms with Gasteiger partial charge in [0, 0.05) is 18.7 Å². The number of ether oxygens (including phenoxy) is 3. The number of thiazole rings is 1. The van der Waals surface area contributed by atoms with Crippen molar-refractivity contribution < 1.29 is 32.9 Å². The van der Waals surface area contributed by atoms with Crippen LogP contribution in [-0.2, 0) is 9.47 Å². The molecule has 1 aromatic carbocycles. The van der Waals surface area contributed by atoms with Crippen LogP contribution in [0.2, 0.25) is 0 Å². The second-order valence-corrected chi connectivity index (χ2v) is 8.60. The number of aromatic nitrogens is 1. The lowest BCUT2D eigenvalue weighted by atomic mass is 10.2. The second-order valence-electron chi connectivity index (χ2n) is 7.60. The fraction of sp³-hybridized carbons (Fsp3) is 0.500. The van der Waals surface area contributed by atoms with Gasteiger partial charge in [-0.2, -0.15) is 0 Å². The van der Waals surface area contributed by atoms with Gasteiger partial charge in [0.25, 0.3) is 0 Å². The number of aliphatic hydroxyl groups excluding tert-OH is 1. The first-order valence-corrected chi connectivity index (χ1v) is 10.2. The van der Waals surface area contributed by atoms with E-state index < -0.39 is 35.2 Å². The smallest absolute Gasteiger partial charge is 0.412 e. The van der Waals surface area contributed by atoms with Crippen molar-refractivity contribution in [2.45, 2.75) is 59.5 Å². The molecule has 0 aliphatic carbocycles. The van der Waals surface area contributed by atoms with Crippen LogP contribution in [0.5, 0.6) is 5.75 Å². The number of halogens is 2. The Balaban J connectivity index is 2.45. The molecular formula is C20H26F2N2O5S. The van der Waals surface area contributed by atoms with Crippen LogP contribution in [0.15, 0.2) is 12.1 Å². The molecule has 1 amide bonds. The Morgan fingerprint density at radius 3 is 2.37 bits per heavy atom. The van der Waals surface area contributed by atoms with Crippen LogP contribution in [0.4, 0.5) is 18.6 Å². The Hall–Kier alpha value is -2.30. The SMILES string of the molecule is CCOC(O)c1nc(-c2c(F)cc(OC(C)C)cc2F)sc1NC(=O)OC(C)(C)C. The highest BCUT2D eigenvalue weighted by molar-refractivity contribution is 7.19. The van der Waals surface area contributed by atoms with Gasteiger partial charge >= 0.3 is 6.09 Å². The third-order valence-electron chi connectivity index (χ3n) is 3.43. The third kappa shape index (κ3) is 6.35. The largest absolute Gasteiger partial charge is 0.491 e. The lowest BCUT2D eigenvalue weighted by Gasteiger charge is -2.19. The molecule has 10 heteroatoms. The van der Waals surface area contributed by atoms with Crippen molar-refractivity contribution in [3.8, 4) is 16.3 Å². The maximum absolute atomic E-state index is 14.7. The van der Waals surface area contributed by atoms with Crippen molar-refractivity contribution in [3.05, 3.63) is 29.5 Å². The highest BCUT2D eigenvalue weighted by atomic mass is 32.1. The Kier molecular flexibility index (Phi) is 7.73. The van der Waals surface area contributed by atoms with Gasteiger partial charge in [-0.05, 0) is 41.5 Å². The molecule has 0 aliphatic rings. The van der Waals surface area contributed by atoms with Gasteiger partial charge < -0.3 is 19.3 Å². The second kappa shape index (κ2) is 9.67. The van der Waals surface area contributed by atoms with E-state index in [-0.39, 0.29) is 34.2 Å². The summed E-state index contributed by atoms with van der Waals surface area (Å²) in [6.07, 6.45) is -2.56. The average molecular weight is 445 g/mol. The van der Waals surface area contributed by atoms with Gasteiger partial charge in [0.1, 0.15) is 38.7 Å². The zero-order valence-electron chi connectivity index (χ0n) is 17.7. The van der Waals surface area contributed by atoms with Gasteiger partial charge in [-0.3, -0.25) is 5.32 Å². The predicted molar refractivity (Wildman–Crippen MR) is 110 cm³/mol. The number of nitrogens with one attached hydrogen (secondary N) is 1. The van der Waals surface area contributed by atoms with Crippen LogP contribution in [0.1, 0.15) is 53.5 Å². The summed E-state index contributed by atoms with van der Waals surface area (Å²) in [4.78, 5) is 16.3. The number of rotatable bonds is 7. The molecule has 0 bridgehead atoms. The van der Waals surface area contributed by atoms with Crippen molar-refractivity contribution in [3.63, 3.8) is 0 Å². The van der Waals surface area contributed by atoms with E-state index in [9.17, 15) is 18.7 Å². The van der Waals surface area contributed by atoms with Crippen LogP contribution >= 0.6 is 11.3 Å². The molecule has 0 radical (unpaired) electrons. The van der Waals surface area contributed by atoms with Crippen molar-refractivity contribution in [1.82, 2.24) is 4.98 Å². The minimum Gasteiger partial charge on any atom is -0.491 e.